The molecule has 0 saturated carbocycles. The van der Waals surface area contributed by atoms with Gasteiger partial charge in [0, 0.05) is 24.2 Å². The van der Waals surface area contributed by atoms with Gasteiger partial charge < -0.3 is 9.30 Å². The Hall–Kier alpha value is -3.54. The van der Waals surface area contributed by atoms with Crippen LogP contribution in [-0.4, -0.2) is 32.3 Å². The molecule has 6 nitrogen and oxygen atoms in total. The van der Waals surface area contributed by atoms with Gasteiger partial charge in [0.2, 0.25) is 0 Å². The number of Topliss-reactive ketones (excluding diaryl/α,β-unsaturated/α-hetero) is 1. The van der Waals surface area contributed by atoms with Crippen LogP contribution in [-0.2, 0) is 13.5 Å². The van der Waals surface area contributed by atoms with Gasteiger partial charge in [0.1, 0.15) is 11.6 Å². The van der Waals surface area contributed by atoms with Gasteiger partial charge in [-0.15, -0.1) is 0 Å². The van der Waals surface area contributed by atoms with Crippen molar-refractivity contribution in [2.45, 2.75) is 13.3 Å². The van der Waals surface area contributed by atoms with Gasteiger partial charge in [-0.2, -0.15) is 0 Å². The molecule has 0 N–H and O–H groups in total. The standard InChI is InChI=1S/C22H20N4O2/c1-14-23-13-21(26(14)2)19-9-6-16-12-24-17(10-20(16)25-19)11-22(27)15-4-7-18(28-3)8-5-15/h4-10,12-13H,11H2,1-3H3/i3D3. The summed E-state index contributed by atoms with van der Waals surface area (Å²) in [5.74, 6) is 0.946. The first-order valence-corrected chi connectivity index (χ1v) is 8.76. The normalized spacial score (nSPS) is 13.0. The molecule has 140 valence electrons. The Labute approximate surface area is 167 Å². The highest BCUT2D eigenvalue weighted by atomic mass is 16.5. The van der Waals surface area contributed by atoms with E-state index < -0.39 is 7.04 Å². The first kappa shape index (κ1) is 14.5. The van der Waals surface area contributed by atoms with E-state index in [0.29, 0.717) is 11.3 Å². The maximum atomic E-state index is 12.7. The first-order valence-electron chi connectivity index (χ1n) is 10.3. The fourth-order valence-electron chi connectivity index (χ4n) is 3.01. The lowest BCUT2D eigenvalue weighted by Crippen LogP contribution is -2.05. The summed E-state index contributed by atoms with van der Waals surface area (Å²) in [6.07, 6.45) is 3.59. The highest BCUT2D eigenvalue weighted by Gasteiger charge is 2.11. The summed E-state index contributed by atoms with van der Waals surface area (Å²) in [5.41, 5.74) is 3.51. The molecule has 28 heavy (non-hydrogen) atoms. The smallest absolute Gasteiger partial charge is 0.168 e. The maximum absolute atomic E-state index is 12.7. The van der Waals surface area contributed by atoms with Gasteiger partial charge >= 0.3 is 0 Å². The summed E-state index contributed by atoms with van der Waals surface area (Å²) in [7, 11) is -0.588. The molecular formula is C22H20N4O2. The van der Waals surface area contributed by atoms with Crippen molar-refractivity contribution in [3.63, 3.8) is 0 Å². The number of pyridine rings is 2. The third kappa shape index (κ3) is 3.36. The Morgan fingerprint density at radius 1 is 1.14 bits per heavy atom. The minimum Gasteiger partial charge on any atom is -0.497 e. The van der Waals surface area contributed by atoms with Gasteiger partial charge in [-0.25, -0.2) is 9.97 Å². The summed E-state index contributed by atoms with van der Waals surface area (Å²) < 4.78 is 28.2. The number of carbonyl (C=O) groups is 1. The van der Waals surface area contributed by atoms with E-state index in [1.165, 1.54) is 12.1 Å². The number of nitrogens with zero attached hydrogens (tertiary/aromatic N) is 4. The molecule has 4 aromatic rings. The zero-order valence-corrected chi connectivity index (χ0v) is 15.5. The lowest BCUT2D eigenvalue weighted by atomic mass is 10.1. The van der Waals surface area contributed by atoms with Crippen LogP contribution in [0.3, 0.4) is 0 Å². The highest BCUT2D eigenvalue weighted by Crippen LogP contribution is 2.22. The molecule has 0 spiro atoms. The predicted molar refractivity (Wildman–Crippen MR) is 108 cm³/mol. The van der Waals surface area contributed by atoms with Crippen LogP contribution in [0.15, 0.2) is 54.9 Å². The van der Waals surface area contributed by atoms with Gasteiger partial charge in [0.05, 0.1) is 46.4 Å². The Kier molecular flexibility index (Phi) is 3.75. The average Bonchev–Trinajstić information content (AvgIpc) is 3.05. The van der Waals surface area contributed by atoms with E-state index in [2.05, 4.69) is 9.97 Å². The third-order valence-corrected chi connectivity index (χ3v) is 4.75. The van der Waals surface area contributed by atoms with Crippen molar-refractivity contribution in [1.29, 1.82) is 0 Å². The summed E-state index contributed by atoms with van der Waals surface area (Å²) in [6.45, 7) is 1.93. The van der Waals surface area contributed by atoms with E-state index in [0.717, 1.165) is 28.1 Å². The van der Waals surface area contributed by atoms with Crippen molar-refractivity contribution in [1.82, 2.24) is 19.5 Å². The quantitative estimate of drug-likeness (QED) is 0.497. The van der Waals surface area contributed by atoms with E-state index in [-0.39, 0.29) is 18.0 Å². The zero-order valence-electron chi connectivity index (χ0n) is 18.5. The van der Waals surface area contributed by atoms with Crippen LogP contribution in [0.25, 0.3) is 22.3 Å². The van der Waals surface area contributed by atoms with Crippen LogP contribution in [0.1, 0.15) is 26.0 Å². The van der Waals surface area contributed by atoms with Crippen LogP contribution in [0, 0.1) is 6.92 Å². The van der Waals surface area contributed by atoms with Gasteiger partial charge in [-0.05, 0) is 49.4 Å². The number of ether oxygens (including phenoxy) is 1. The van der Waals surface area contributed by atoms with Crippen molar-refractivity contribution >= 4 is 16.7 Å². The molecule has 0 aliphatic rings. The second kappa shape index (κ2) is 7.23. The number of methoxy groups -OCH3 is 1. The molecular weight excluding hydrogens is 352 g/mol. The summed E-state index contributed by atoms with van der Waals surface area (Å²) in [6, 6.07) is 11.7. The number of hydrogen-bond donors (Lipinski definition) is 0. The number of fused-ring (bicyclic) bond motifs is 1. The van der Waals surface area contributed by atoms with Gasteiger partial charge in [0.25, 0.3) is 0 Å². The van der Waals surface area contributed by atoms with Crippen molar-refractivity contribution in [2.24, 2.45) is 7.05 Å². The molecule has 0 radical (unpaired) electrons. The number of ketones is 1. The Morgan fingerprint density at radius 3 is 2.68 bits per heavy atom. The molecule has 0 saturated heterocycles. The van der Waals surface area contributed by atoms with Crippen LogP contribution in [0.5, 0.6) is 5.75 Å². The van der Waals surface area contributed by atoms with E-state index >= 15 is 0 Å². The molecule has 3 heterocycles. The van der Waals surface area contributed by atoms with Crippen molar-refractivity contribution in [2.75, 3.05) is 7.04 Å². The third-order valence-electron chi connectivity index (χ3n) is 4.75. The van der Waals surface area contributed by atoms with Crippen molar-refractivity contribution in [3.8, 4) is 17.1 Å². The average molecular weight is 375 g/mol. The largest absolute Gasteiger partial charge is 0.497 e. The summed E-state index contributed by atoms with van der Waals surface area (Å²) in [5, 5.41) is 0.880. The molecule has 6 heteroatoms. The number of rotatable bonds is 5. The molecule has 0 atom stereocenters. The van der Waals surface area contributed by atoms with Crippen LogP contribution in [0.4, 0.5) is 0 Å². The van der Waals surface area contributed by atoms with E-state index in [4.69, 9.17) is 13.8 Å². The first-order chi connectivity index (χ1) is 14.7. The van der Waals surface area contributed by atoms with Crippen LogP contribution >= 0.6 is 0 Å². The molecule has 4 rings (SSSR count). The SMILES string of the molecule is [2H]C([2H])([2H])Oc1ccc(C(=O)Cc2cc3nc(-c4cnc(C)n4C)ccc3cn2)cc1. The van der Waals surface area contributed by atoms with Gasteiger partial charge in [-0.3, -0.25) is 9.78 Å². The van der Waals surface area contributed by atoms with Crippen molar-refractivity contribution in [3.05, 3.63) is 71.9 Å². The molecule has 0 amide bonds. The fourth-order valence-corrected chi connectivity index (χ4v) is 3.01. The molecule has 0 unspecified atom stereocenters. The Morgan fingerprint density at radius 2 is 1.96 bits per heavy atom. The van der Waals surface area contributed by atoms with E-state index in [1.807, 2.05) is 36.7 Å². The number of aryl methyl sites for hydroxylation is 1. The molecule has 0 bridgehead atoms. The second-order valence-corrected chi connectivity index (χ2v) is 6.54. The number of benzene rings is 1. The van der Waals surface area contributed by atoms with Gasteiger partial charge in [0.15, 0.2) is 5.78 Å². The van der Waals surface area contributed by atoms with Gasteiger partial charge in [-0.1, -0.05) is 0 Å². The van der Waals surface area contributed by atoms with Crippen LogP contribution < -0.4 is 4.74 Å². The Bertz CT molecular complexity index is 1260. The summed E-state index contributed by atoms with van der Waals surface area (Å²) in [4.78, 5) is 26.1. The number of imidazole rings is 1. The Balaban J connectivity index is 1.55. The van der Waals surface area contributed by atoms with E-state index in [9.17, 15) is 4.79 Å². The number of aromatic nitrogens is 4. The zero-order chi connectivity index (χ0) is 22.2. The molecule has 1 aromatic carbocycles. The van der Waals surface area contributed by atoms with Crippen LogP contribution in [0.2, 0.25) is 0 Å². The summed E-state index contributed by atoms with van der Waals surface area (Å²) >= 11 is 0. The molecule has 0 aliphatic heterocycles. The monoisotopic (exact) mass is 375 g/mol. The lowest BCUT2D eigenvalue weighted by Gasteiger charge is -2.07. The predicted octanol–water partition coefficient (Wildman–Crippen LogP) is 3.77. The molecule has 0 aliphatic carbocycles. The second-order valence-electron chi connectivity index (χ2n) is 6.54. The minimum absolute atomic E-state index is 0.103. The molecule has 3 aromatic heterocycles. The van der Waals surface area contributed by atoms with E-state index in [1.54, 1.807) is 24.5 Å². The lowest BCUT2D eigenvalue weighted by molar-refractivity contribution is 0.0992. The maximum Gasteiger partial charge on any atom is 0.168 e. The minimum atomic E-state index is -2.53. The number of carbonyl (C=O) groups excluding carboxylic acids is 1. The topological polar surface area (TPSA) is 69.9 Å². The number of hydrogen-bond acceptors (Lipinski definition) is 5. The fraction of sp³-hybridized carbons (Fsp3) is 0.182. The van der Waals surface area contributed by atoms with Crippen molar-refractivity contribution < 1.29 is 13.6 Å². The molecule has 0 fully saturated rings. The highest BCUT2D eigenvalue weighted by molar-refractivity contribution is 5.97.